The van der Waals surface area contributed by atoms with Crippen LogP contribution in [0.5, 0.6) is 5.75 Å². The van der Waals surface area contributed by atoms with E-state index in [2.05, 4.69) is 10.0 Å². The van der Waals surface area contributed by atoms with Crippen molar-refractivity contribution in [2.45, 2.75) is 74.4 Å². The first-order valence-electron chi connectivity index (χ1n) is 12.3. The van der Waals surface area contributed by atoms with Crippen LogP contribution in [-0.2, 0) is 25.0 Å². The molecule has 0 heterocycles. The van der Waals surface area contributed by atoms with Gasteiger partial charge in [0.1, 0.15) is 5.75 Å². The number of sulfonamides is 1. The molecule has 0 atom stereocenters. The summed E-state index contributed by atoms with van der Waals surface area (Å²) in [4.78, 5) is 22.0. The Balaban J connectivity index is 0.000000505. The van der Waals surface area contributed by atoms with Gasteiger partial charge in [-0.15, -0.1) is 0 Å². The van der Waals surface area contributed by atoms with Gasteiger partial charge >= 0.3 is 12.1 Å². The van der Waals surface area contributed by atoms with Gasteiger partial charge in [0.15, 0.2) is 0 Å². The first-order valence-corrected chi connectivity index (χ1v) is 13.8. The van der Waals surface area contributed by atoms with E-state index < -0.39 is 27.6 Å². The summed E-state index contributed by atoms with van der Waals surface area (Å²) in [7, 11) is -3.70. The summed E-state index contributed by atoms with van der Waals surface area (Å²) in [5, 5.41) is 10.4. The molecule has 38 heavy (non-hydrogen) atoms. The molecule has 0 unspecified atom stereocenters. The summed E-state index contributed by atoms with van der Waals surface area (Å²) >= 11 is 0. The van der Waals surface area contributed by atoms with Gasteiger partial charge in [0.25, 0.3) is 10.0 Å². The smallest absolute Gasteiger partial charge is 0.490 e. The van der Waals surface area contributed by atoms with Crippen LogP contribution in [0.3, 0.4) is 0 Å². The Morgan fingerprint density at radius 2 is 1.55 bits per heavy atom. The van der Waals surface area contributed by atoms with E-state index in [-0.39, 0.29) is 10.8 Å². The molecule has 1 amide bonds. The Kier molecular flexibility index (Phi) is 9.29. The molecule has 2 aliphatic rings. The number of nitrogens with one attached hydrogen (secondary N) is 2. The predicted molar refractivity (Wildman–Crippen MR) is 134 cm³/mol. The van der Waals surface area contributed by atoms with Crippen molar-refractivity contribution in [3.63, 3.8) is 0 Å². The number of carboxylic acids is 1. The van der Waals surface area contributed by atoms with Gasteiger partial charge in [-0.2, -0.15) is 13.2 Å². The zero-order valence-corrected chi connectivity index (χ0v) is 21.7. The number of anilines is 1. The highest BCUT2D eigenvalue weighted by molar-refractivity contribution is 7.92. The SMILES string of the molecule is CCOc1ccc(S(=O)(=O)Nc2ccc(C3(C(=O)NC4CCCCC4)CC3)cc2)cc1.O=C(O)C(F)(F)F. The fraction of sp³-hybridized carbons (Fsp3) is 0.462. The van der Waals surface area contributed by atoms with Crippen molar-refractivity contribution in [1.82, 2.24) is 5.32 Å². The van der Waals surface area contributed by atoms with Gasteiger partial charge < -0.3 is 15.2 Å². The van der Waals surface area contributed by atoms with Gasteiger partial charge in [0, 0.05) is 11.7 Å². The number of rotatable bonds is 8. The van der Waals surface area contributed by atoms with Gasteiger partial charge in [0.05, 0.1) is 16.9 Å². The lowest BCUT2D eigenvalue weighted by Gasteiger charge is -2.25. The Bertz CT molecular complexity index is 1210. The van der Waals surface area contributed by atoms with Crippen molar-refractivity contribution >= 4 is 27.6 Å². The zero-order valence-electron chi connectivity index (χ0n) is 20.9. The molecule has 2 aromatic rings. The number of alkyl halides is 3. The fourth-order valence-electron chi connectivity index (χ4n) is 4.30. The van der Waals surface area contributed by atoms with Crippen LogP contribution in [0.4, 0.5) is 18.9 Å². The maximum atomic E-state index is 12.9. The maximum Gasteiger partial charge on any atom is 0.490 e. The molecule has 208 valence electrons. The molecule has 2 aliphatic carbocycles. The highest BCUT2D eigenvalue weighted by Gasteiger charge is 2.51. The summed E-state index contributed by atoms with van der Waals surface area (Å²) in [5.41, 5.74) is 0.968. The number of ether oxygens (including phenoxy) is 1. The number of carbonyl (C=O) groups is 2. The van der Waals surface area contributed by atoms with Crippen LogP contribution in [0.1, 0.15) is 57.4 Å². The van der Waals surface area contributed by atoms with Crippen molar-refractivity contribution in [3.05, 3.63) is 54.1 Å². The number of hydrogen-bond donors (Lipinski definition) is 3. The minimum absolute atomic E-state index is 0.113. The second-order valence-corrected chi connectivity index (χ2v) is 11.0. The van der Waals surface area contributed by atoms with Crippen LogP contribution >= 0.6 is 0 Å². The molecular formula is C26H31F3N2O6S. The summed E-state index contributed by atoms with van der Waals surface area (Å²) < 4.78 is 65.1. The average molecular weight is 557 g/mol. The Morgan fingerprint density at radius 3 is 2.03 bits per heavy atom. The minimum Gasteiger partial charge on any atom is -0.494 e. The lowest BCUT2D eigenvalue weighted by Crippen LogP contribution is -2.42. The molecule has 2 fully saturated rings. The maximum absolute atomic E-state index is 12.9. The summed E-state index contributed by atoms with van der Waals surface area (Å²) in [6.07, 6.45) is 2.33. The standard InChI is InChI=1S/C24H30N2O4S.C2HF3O2/c1-2-30-21-12-14-22(15-13-21)31(28,29)26-20-10-8-18(9-11-20)24(16-17-24)23(27)25-19-6-4-3-5-7-19;3-2(4,5)1(6)7/h8-15,19,26H,2-7,16-17H2,1H3,(H,25,27);(H,6,7). The summed E-state index contributed by atoms with van der Waals surface area (Å²) in [6.45, 7) is 2.40. The molecule has 3 N–H and O–H groups in total. The van der Waals surface area contributed by atoms with E-state index in [1.54, 1.807) is 24.3 Å². The van der Waals surface area contributed by atoms with E-state index in [1.165, 1.54) is 31.4 Å². The third-order valence-corrected chi connectivity index (χ3v) is 7.90. The molecule has 8 nitrogen and oxygen atoms in total. The molecule has 0 spiro atoms. The molecule has 12 heteroatoms. The molecule has 0 saturated heterocycles. The number of carboxylic acid groups (broad SMARTS) is 1. The van der Waals surface area contributed by atoms with Crippen molar-refractivity contribution in [1.29, 1.82) is 0 Å². The van der Waals surface area contributed by atoms with E-state index in [0.717, 1.165) is 31.2 Å². The van der Waals surface area contributed by atoms with Crippen molar-refractivity contribution in [3.8, 4) is 5.75 Å². The molecule has 0 bridgehead atoms. The average Bonchev–Trinajstić information content (AvgIpc) is 3.68. The summed E-state index contributed by atoms with van der Waals surface area (Å²) in [5.74, 6) is -2.01. The van der Waals surface area contributed by atoms with Crippen molar-refractivity contribution < 1.29 is 41.0 Å². The van der Waals surface area contributed by atoms with E-state index >= 15 is 0 Å². The number of halogens is 3. The third-order valence-electron chi connectivity index (χ3n) is 6.50. The highest BCUT2D eigenvalue weighted by Crippen LogP contribution is 2.49. The number of hydrogen-bond acceptors (Lipinski definition) is 5. The number of amides is 1. The van der Waals surface area contributed by atoms with Crippen LogP contribution < -0.4 is 14.8 Å². The monoisotopic (exact) mass is 556 g/mol. The van der Waals surface area contributed by atoms with Crippen LogP contribution in [0.25, 0.3) is 0 Å². The van der Waals surface area contributed by atoms with Crippen molar-refractivity contribution in [2.24, 2.45) is 0 Å². The lowest BCUT2D eigenvalue weighted by atomic mass is 9.91. The minimum atomic E-state index is -5.08. The fourth-order valence-corrected chi connectivity index (χ4v) is 5.35. The number of benzene rings is 2. The largest absolute Gasteiger partial charge is 0.494 e. The van der Waals surface area contributed by atoms with Crippen LogP contribution in [-0.4, -0.2) is 44.2 Å². The second kappa shape index (κ2) is 12.1. The van der Waals surface area contributed by atoms with Gasteiger partial charge in [-0.05, 0) is 74.6 Å². The Morgan fingerprint density at radius 1 is 1.00 bits per heavy atom. The molecule has 2 saturated carbocycles. The van der Waals surface area contributed by atoms with E-state index in [0.29, 0.717) is 24.1 Å². The van der Waals surface area contributed by atoms with Crippen LogP contribution in [0, 0.1) is 0 Å². The van der Waals surface area contributed by atoms with Crippen LogP contribution in [0.15, 0.2) is 53.4 Å². The first kappa shape index (κ1) is 29.3. The molecule has 2 aromatic carbocycles. The first-order chi connectivity index (χ1) is 17.9. The van der Waals surface area contributed by atoms with Gasteiger partial charge in [0.2, 0.25) is 5.91 Å². The summed E-state index contributed by atoms with van der Waals surface area (Å²) in [6, 6.07) is 13.8. The van der Waals surface area contributed by atoms with Gasteiger partial charge in [-0.3, -0.25) is 9.52 Å². The zero-order chi connectivity index (χ0) is 28.0. The van der Waals surface area contributed by atoms with Gasteiger partial charge in [-0.25, -0.2) is 13.2 Å². The lowest BCUT2D eigenvalue weighted by molar-refractivity contribution is -0.192. The molecule has 0 aromatic heterocycles. The molecule has 0 aliphatic heterocycles. The Hall–Kier alpha value is -3.28. The second-order valence-electron chi connectivity index (χ2n) is 9.28. The number of carbonyl (C=O) groups excluding carboxylic acids is 1. The highest BCUT2D eigenvalue weighted by atomic mass is 32.2. The molecule has 4 rings (SSSR count). The van der Waals surface area contributed by atoms with E-state index in [4.69, 9.17) is 14.6 Å². The van der Waals surface area contributed by atoms with Gasteiger partial charge in [-0.1, -0.05) is 31.4 Å². The van der Waals surface area contributed by atoms with E-state index in [1.807, 2.05) is 19.1 Å². The Labute approximate surface area is 219 Å². The quantitative estimate of drug-likeness (QED) is 0.421. The van der Waals surface area contributed by atoms with Crippen LogP contribution in [0.2, 0.25) is 0 Å². The normalized spacial score (nSPS) is 16.9. The number of aliphatic carboxylic acids is 1. The molecule has 0 radical (unpaired) electrons. The predicted octanol–water partition coefficient (Wildman–Crippen LogP) is 5.00. The van der Waals surface area contributed by atoms with E-state index in [9.17, 15) is 26.4 Å². The topological polar surface area (TPSA) is 122 Å². The molecular weight excluding hydrogens is 525 g/mol. The van der Waals surface area contributed by atoms with Crippen molar-refractivity contribution in [2.75, 3.05) is 11.3 Å². The third kappa shape index (κ3) is 7.62.